The Morgan fingerprint density at radius 2 is 2.05 bits per heavy atom. The Bertz CT molecular complexity index is 504. The first-order valence-electron chi connectivity index (χ1n) is 7.03. The molecule has 21 heavy (non-hydrogen) atoms. The van der Waals surface area contributed by atoms with E-state index in [1.807, 2.05) is 0 Å². The molecule has 1 aliphatic rings. The number of carbonyl (C=O) groups excluding carboxylic acids is 1. The summed E-state index contributed by atoms with van der Waals surface area (Å²) in [5, 5.41) is 11.5. The molecule has 0 aromatic heterocycles. The van der Waals surface area contributed by atoms with Gasteiger partial charge in [0.1, 0.15) is 5.82 Å². The van der Waals surface area contributed by atoms with Gasteiger partial charge in [0.2, 0.25) is 0 Å². The molecule has 1 aromatic rings. The Hall–Kier alpha value is -2.11. The van der Waals surface area contributed by atoms with Gasteiger partial charge in [-0.05, 0) is 36.5 Å². The number of rotatable bonds is 5. The number of aliphatic carboxylic acids is 1. The number of likely N-dealkylation sites (tertiary alicyclic amines) is 1. The van der Waals surface area contributed by atoms with E-state index in [0.717, 1.165) is 12.0 Å². The van der Waals surface area contributed by atoms with E-state index in [2.05, 4.69) is 5.32 Å². The van der Waals surface area contributed by atoms with Crippen molar-refractivity contribution in [1.82, 2.24) is 10.2 Å². The van der Waals surface area contributed by atoms with E-state index in [4.69, 9.17) is 5.11 Å². The standard InChI is InChI=1S/C15H19FN2O3/c16-13-3-1-11(2-4-13)5-7-17-15(21)18-8-6-12(10-18)9-14(19)20/h1-4,12H,5-10H2,(H,17,21)(H,19,20). The second-order valence-corrected chi connectivity index (χ2v) is 5.31. The van der Waals surface area contributed by atoms with Crippen LogP contribution < -0.4 is 5.32 Å². The van der Waals surface area contributed by atoms with E-state index >= 15 is 0 Å². The molecule has 0 bridgehead atoms. The quantitative estimate of drug-likeness (QED) is 0.871. The number of carbonyl (C=O) groups is 2. The lowest BCUT2D eigenvalue weighted by molar-refractivity contribution is -0.138. The molecule has 6 heteroatoms. The maximum atomic E-state index is 12.8. The zero-order valence-corrected chi connectivity index (χ0v) is 11.7. The lowest BCUT2D eigenvalue weighted by atomic mass is 10.1. The van der Waals surface area contributed by atoms with Crippen molar-refractivity contribution in [3.8, 4) is 0 Å². The predicted molar refractivity (Wildman–Crippen MR) is 75.4 cm³/mol. The second-order valence-electron chi connectivity index (χ2n) is 5.31. The van der Waals surface area contributed by atoms with Crippen LogP contribution in [0.4, 0.5) is 9.18 Å². The minimum absolute atomic E-state index is 0.0466. The Morgan fingerprint density at radius 1 is 1.33 bits per heavy atom. The largest absolute Gasteiger partial charge is 0.481 e. The van der Waals surface area contributed by atoms with Gasteiger partial charge < -0.3 is 15.3 Å². The number of nitrogens with one attached hydrogen (secondary N) is 1. The molecule has 0 aliphatic carbocycles. The Morgan fingerprint density at radius 3 is 2.71 bits per heavy atom. The van der Waals surface area contributed by atoms with E-state index < -0.39 is 5.97 Å². The van der Waals surface area contributed by atoms with Crippen LogP contribution in [0.25, 0.3) is 0 Å². The third-order valence-electron chi connectivity index (χ3n) is 3.64. The third kappa shape index (κ3) is 4.73. The number of hydrogen-bond donors (Lipinski definition) is 2. The Balaban J connectivity index is 1.70. The van der Waals surface area contributed by atoms with Gasteiger partial charge in [0.05, 0.1) is 0 Å². The van der Waals surface area contributed by atoms with Crippen LogP contribution in [0.1, 0.15) is 18.4 Å². The maximum absolute atomic E-state index is 12.8. The van der Waals surface area contributed by atoms with Crippen molar-refractivity contribution in [3.05, 3.63) is 35.6 Å². The van der Waals surface area contributed by atoms with Gasteiger partial charge in [-0.25, -0.2) is 9.18 Å². The van der Waals surface area contributed by atoms with Crippen molar-refractivity contribution in [2.45, 2.75) is 19.3 Å². The van der Waals surface area contributed by atoms with Gasteiger partial charge in [0.15, 0.2) is 0 Å². The number of nitrogens with zero attached hydrogens (tertiary/aromatic N) is 1. The van der Waals surface area contributed by atoms with Crippen molar-refractivity contribution < 1.29 is 19.1 Å². The molecule has 1 aliphatic heterocycles. The topological polar surface area (TPSA) is 69.6 Å². The second kappa shape index (κ2) is 7.06. The van der Waals surface area contributed by atoms with Crippen LogP contribution in [0, 0.1) is 11.7 Å². The Kier molecular flexibility index (Phi) is 5.14. The minimum atomic E-state index is -0.821. The fourth-order valence-corrected chi connectivity index (χ4v) is 2.51. The summed E-state index contributed by atoms with van der Waals surface area (Å²) in [6.45, 7) is 1.57. The molecule has 1 unspecified atom stereocenters. The summed E-state index contributed by atoms with van der Waals surface area (Å²) in [4.78, 5) is 24.2. The monoisotopic (exact) mass is 294 g/mol. The first kappa shape index (κ1) is 15.3. The van der Waals surface area contributed by atoms with Crippen LogP contribution >= 0.6 is 0 Å². The van der Waals surface area contributed by atoms with E-state index in [1.54, 1.807) is 17.0 Å². The molecule has 114 valence electrons. The van der Waals surface area contributed by atoms with Gasteiger partial charge in [-0.3, -0.25) is 4.79 Å². The number of amides is 2. The molecule has 5 nitrogen and oxygen atoms in total. The minimum Gasteiger partial charge on any atom is -0.481 e. The van der Waals surface area contributed by atoms with Gasteiger partial charge in [-0.2, -0.15) is 0 Å². The van der Waals surface area contributed by atoms with Crippen LogP contribution in [0.2, 0.25) is 0 Å². The van der Waals surface area contributed by atoms with Gasteiger partial charge in [0, 0.05) is 26.1 Å². The average Bonchev–Trinajstić information content (AvgIpc) is 2.88. The summed E-state index contributed by atoms with van der Waals surface area (Å²) in [6, 6.07) is 6.02. The number of halogens is 1. The predicted octanol–water partition coefficient (Wildman–Crippen LogP) is 1.87. The van der Waals surface area contributed by atoms with Crippen LogP contribution in [-0.2, 0) is 11.2 Å². The number of benzene rings is 1. The summed E-state index contributed by atoms with van der Waals surface area (Å²) in [7, 11) is 0. The first-order chi connectivity index (χ1) is 10.0. The highest BCUT2D eigenvalue weighted by atomic mass is 19.1. The zero-order valence-electron chi connectivity index (χ0n) is 11.7. The van der Waals surface area contributed by atoms with Gasteiger partial charge in [0.25, 0.3) is 0 Å². The van der Waals surface area contributed by atoms with Gasteiger partial charge in [-0.15, -0.1) is 0 Å². The molecule has 1 fully saturated rings. The molecule has 0 radical (unpaired) electrons. The summed E-state index contributed by atoms with van der Waals surface area (Å²) >= 11 is 0. The molecule has 1 aromatic carbocycles. The summed E-state index contributed by atoms with van der Waals surface area (Å²) in [5.74, 6) is -1.05. The fraction of sp³-hybridized carbons (Fsp3) is 0.467. The molecule has 2 rings (SSSR count). The van der Waals surface area contributed by atoms with Crippen LogP contribution in [-0.4, -0.2) is 41.6 Å². The van der Waals surface area contributed by atoms with Crippen molar-refractivity contribution in [1.29, 1.82) is 0 Å². The maximum Gasteiger partial charge on any atom is 0.317 e. The fourth-order valence-electron chi connectivity index (χ4n) is 2.51. The molecular formula is C15H19FN2O3. The molecule has 1 heterocycles. The van der Waals surface area contributed by atoms with Crippen LogP contribution in [0.5, 0.6) is 0 Å². The van der Waals surface area contributed by atoms with Crippen molar-refractivity contribution in [2.75, 3.05) is 19.6 Å². The number of urea groups is 1. The highest BCUT2D eigenvalue weighted by Crippen LogP contribution is 2.19. The van der Waals surface area contributed by atoms with Crippen molar-refractivity contribution in [2.24, 2.45) is 5.92 Å². The normalized spacial score (nSPS) is 17.8. The molecule has 1 atom stereocenters. The number of carboxylic acids is 1. The van der Waals surface area contributed by atoms with E-state index in [9.17, 15) is 14.0 Å². The van der Waals surface area contributed by atoms with Gasteiger partial charge >= 0.3 is 12.0 Å². The molecule has 0 spiro atoms. The van der Waals surface area contributed by atoms with Crippen molar-refractivity contribution >= 4 is 12.0 Å². The molecule has 0 saturated carbocycles. The first-order valence-corrected chi connectivity index (χ1v) is 7.03. The van der Waals surface area contributed by atoms with Crippen LogP contribution in [0.3, 0.4) is 0 Å². The highest BCUT2D eigenvalue weighted by molar-refractivity contribution is 5.74. The Labute approximate surface area is 122 Å². The van der Waals surface area contributed by atoms with Gasteiger partial charge in [-0.1, -0.05) is 12.1 Å². The van der Waals surface area contributed by atoms with Crippen LogP contribution in [0.15, 0.2) is 24.3 Å². The summed E-state index contributed by atoms with van der Waals surface area (Å²) in [6.07, 6.45) is 1.48. The highest BCUT2D eigenvalue weighted by Gasteiger charge is 2.27. The zero-order chi connectivity index (χ0) is 15.2. The number of carboxylic acid groups (broad SMARTS) is 1. The smallest absolute Gasteiger partial charge is 0.317 e. The van der Waals surface area contributed by atoms with E-state index in [-0.39, 0.29) is 24.2 Å². The molecule has 2 amide bonds. The average molecular weight is 294 g/mol. The summed E-state index contributed by atoms with van der Waals surface area (Å²) in [5.41, 5.74) is 0.960. The molecule has 2 N–H and O–H groups in total. The third-order valence-corrected chi connectivity index (χ3v) is 3.64. The summed E-state index contributed by atoms with van der Waals surface area (Å²) < 4.78 is 12.8. The lowest BCUT2D eigenvalue weighted by Crippen LogP contribution is -2.39. The lowest BCUT2D eigenvalue weighted by Gasteiger charge is -2.17. The van der Waals surface area contributed by atoms with E-state index in [1.165, 1.54) is 12.1 Å². The SMILES string of the molecule is O=C(O)CC1CCN(C(=O)NCCc2ccc(F)cc2)C1. The molecule has 1 saturated heterocycles. The van der Waals surface area contributed by atoms with Crippen molar-refractivity contribution in [3.63, 3.8) is 0 Å². The molecular weight excluding hydrogens is 275 g/mol. The number of hydrogen-bond acceptors (Lipinski definition) is 2. The van der Waals surface area contributed by atoms with E-state index in [0.29, 0.717) is 26.1 Å².